The lowest BCUT2D eigenvalue weighted by atomic mass is 10.0. The third kappa shape index (κ3) is 3.52. The van der Waals surface area contributed by atoms with Crippen LogP contribution in [0.2, 0.25) is 0 Å². The first-order chi connectivity index (χ1) is 12.1. The van der Waals surface area contributed by atoms with Crippen molar-refractivity contribution < 1.29 is 13.9 Å². The summed E-state index contributed by atoms with van der Waals surface area (Å²) in [6, 6.07) is 12.4. The lowest BCUT2D eigenvalue weighted by Gasteiger charge is -2.20. The Balaban J connectivity index is 1.97. The number of imidazole rings is 1. The Labute approximate surface area is 145 Å². The van der Waals surface area contributed by atoms with Gasteiger partial charge in [-0.05, 0) is 24.3 Å². The standard InChI is InChI=1S/C19H18FN3O2/c1-23-11-10-21-18(23)17(15-8-3-4-9-16(15)20)22-19(24)13-6-5-7-14(12-13)25-2/h3-12,17H,1-2H3,(H,22,24). The number of benzene rings is 2. The smallest absolute Gasteiger partial charge is 0.252 e. The molecule has 128 valence electrons. The number of nitrogens with one attached hydrogen (secondary N) is 1. The van der Waals surface area contributed by atoms with Crippen LogP contribution in [0.15, 0.2) is 60.9 Å². The average molecular weight is 339 g/mol. The Morgan fingerprint density at radius 3 is 2.72 bits per heavy atom. The van der Waals surface area contributed by atoms with Crippen LogP contribution in [0.1, 0.15) is 27.8 Å². The van der Waals surface area contributed by atoms with Crippen molar-refractivity contribution in [3.8, 4) is 5.75 Å². The zero-order valence-electron chi connectivity index (χ0n) is 13.9. The van der Waals surface area contributed by atoms with Crippen molar-refractivity contribution in [3.05, 3.63) is 83.7 Å². The highest BCUT2D eigenvalue weighted by atomic mass is 19.1. The molecule has 5 nitrogen and oxygen atoms in total. The Bertz CT molecular complexity index is 892. The number of methoxy groups -OCH3 is 1. The van der Waals surface area contributed by atoms with Gasteiger partial charge in [0.05, 0.1) is 7.11 Å². The summed E-state index contributed by atoms with van der Waals surface area (Å²) in [4.78, 5) is 17.0. The highest BCUT2D eigenvalue weighted by Crippen LogP contribution is 2.24. The summed E-state index contributed by atoms with van der Waals surface area (Å²) < 4.78 is 21.2. The van der Waals surface area contributed by atoms with Gasteiger partial charge in [0.25, 0.3) is 5.91 Å². The van der Waals surface area contributed by atoms with Crippen LogP contribution in [0, 0.1) is 5.82 Å². The first kappa shape index (κ1) is 16.7. The van der Waals surface area contributed by atoms with Gasteiger partial charge in [0, 0.05) is 30.6 Å². The van der Waals surface area contributed by atoms with Crippen LogP contribution in [-0.4, -0.2) is 22.6 Å². The van der Waals surface area contributed by atoms with Crippen LogP contribution >= 0.6 is 0 Å². The van der Waals surface area contributed by atoms with Gasteiger partial charge in [-0.2, -0.15) is 0 Å². The minimum absolute atomic E-state index is 0.338. The van der Waals surface area contributed by atoms with Crippen LogP contribution in [0.4, 0.5) is 4.39 Å². The summed E-state index contributed by atoms with van der Waals surface area (Å²) in [6.07, 6.45) is 3.36. The molecule has 0 saturated carbocycles. The van der Waals surface area contributed by atoms with Crippen LogP contribution in [-0.2, 0) is 7.05 Å². The Hall–Kier alpha value is -3.15. The van der Waals surface area contributed by atoms with Gasteiger partial charge >= 0.3 is 0 Å². The van der Waals surface area contributed by atoms with Crippen molar-refractivity contribution in [2.75, 3.05) is 7.11 Å². The largest absolute Gasteiger partial charge is 0.497 e. The molecule has 3 aromatic rings. The van der Waals surface area contributed by atoms with E-state index in [0.717, 1.165) is 0 Å². The van der Waals surface area contributed by atoms with E-state index in [1.165, 1.54) is 13.2 Å². The molecule has 1 N–H and O–H groups in total. The molecular weight excluding hydrogens is 321 g/mol. The molecule has 6 heteroatoms. The lowest BCUT2D eigenvalue weighted by Crippen LogP contribution is -2.31. The maximum atomic E-state index is 14.3. The summed E-state index contributed by atoms with van der Waals surface area (Å²) in [5, 5.41) is 2.87. The van der Waals surface area contributed by atoms with E-state index in [0.29, 0.717) is 22.7 Å². The van der Waals surface area contributed by atoms with Crippen LogP contribution < -0.4 is 10.1 Å². The van der Waals surface area contributed by atoms with E-state index in [1.54, 1.807) is 66.5 Å². The number of carbonyl (C=O) groups is 1. The fourth-order valence-electron chi connectivity index (χ4n) is 2.62. The van der Waals surface area contributed by atoms with E-state index >= 15 is 0 Å². The fourth-order valence-corrected chi connectivity index (χ4v) is 2.62. The highest BCUT2D eigenvalue weighted by Gasteiger charge is 2.24. The van der Waals surface area contributed by atoms with Crippen molar-refractivity contribution in [1.82, 2.24) is 14.9 Å². The number of halogens is 1. The highest BCUT2D eigenvalue weighted by molar-refractivity contribution is 5.95. The minimum Gasteiger partial charge on any atom is -0.497 e. The van der Waals surface area contributed by atoms with E-state index in [4.69, 9.17) is 4.74 Å². The third-order valence-electron chi connectivity index (χ3n) is 3.94. The summed E-state index contributed by atoms with van der Waals surface area (Å²) in [7, 11) is 3.33. The predicted molar refractivity (Wildman–Crippen MR) is 91.9 cm³/mol. The maximum absolute atomic E-state index is 14.3. The van der Waals surface area contributed by atoms with Crippen LogP contribution in [0.5, 0.6) is 5.75 Å². The molecule has 3 rings (SSSR count). The summed E-state index contributed by atoms with van der Waals surface area (Å²) in [6.45, 7) is 0. The molecule has 0 aliphatic rings. The molecule has 1 atom stereocenters. The monoisotopic (exact) mass is 339 g/mol. The minimum atomic E-state index is -0.708. The Kier molecular flexibility index (Phi) is 4.79. The van der Waals surface area contributed by atoms with Crippen molar-refractivity contribution in [2.24, 2.45) is 7.05 Å². The number of aromatic nitrogens is 2. The number of carbonyl (C=O) groups excluding carboxylic acids is 1. The van der Waals surface area contributed by atoms with Crippen LogP contribution in [0.25, 0.3) is 0 Å². The first-order valence-electron chi connectivity index (χ1n) is 7.76. The Morgan fingerprint density at radius 2 is 2.04 bits per heavy atom. The molecular formula is C19H18FN3O2. The molecule has 0 saturated heterocycles. The van der Waals surface area contributed by atoms with Crippen molar-refractivity contribution in [1.29, 1.82) is 0 Å². The second-order valence-corrected chi connectivity index (χ2v) is 5.56. The molecule has 0 aliphatic carbocycles. The molecule has 1 heterocycles. The summed E-state index contributed by atoms with van der Waals surface area (Å²) >= 11 is 0. The predicted octanol–water partition coefficient (Wildman–Crippen LogP) is 3.09. The molecule has 0 radical (unpaired) electrons. The topological polar surface area (TPSA) is 56.1 Å². The van der Waals surface area contributed by atoms with Gasteiger partial charge in [-0.3, -0.25) is 4.79 Å². The second-order valence-electron chi connectivity index (χ2n) is 5.56. The van der Waals surface area contributed by atoms with Crippen molar-refractivity contribution >= 4 is 5.91 Å². The quantitative estimate of drug-likeness (QED) is 0.777. The van der Waals surface area contributed by atoms with Gasteiger partial charge in [-0.15, -0.1) is 0 Å². The molecule has 1 unspecified atom stereocenters. The van der Waals surface area contributed by atoms with Gasteiger partial charge in [0.1, 0.15) is 23.4 Å². The third-order valence-corrected chi connectivity index (χ3v) is 3.94. The van der Waals surface area contributed by atoms with Crippen LogP contribution in [0.3, 0.4) is 0 Å². The molecule has 0 spiro atoms. The van der Waals surface area contributed by atoms with Gasteiger partial charge < -0.3 is 14.6 Å². The molecule has 25 heavy (non-hydrogen) atoms. The zero-order chi connectivity index (χ0) is 17.8. The fraction of sp³-hybridized carbons (Fsp3) is 0.158. The van der Waals surface area contributed by atoms with Gasteiger partial charge in [0.15, 0.2) is 0 Å². The van der Waals surface area contributed by atoms with E-state index < -0.39 is 11.9 Å². The number of rotatable bonds is 5. The molecule has 0 bridgehead atoms. The molecule has 1 aromatic heterocycles. The van der Waals surface area contributed by atoms with E-state index in [1.807, 2.05) is 0 Å². The van der Waals surface area contributed by atoms with E-state index in [-0.39, 0.29) is 5.91 Å². The molecule has 0 fully saturated rings. The number of ether oxygens (including phenoxy) is 1. The van der Waals surface area contributed by atoms with E-state index in [2.05, 4.69) is 10.3 Å². The van der Waals surface area contributed by atoms with Crippen molar-refractivity contribution in [3.63, 3.8) is 0 Å². The molecule has 2 aromatic carbocycles. The summed E-state index contributed by atoms with van der Waals surface area (Å²) in [5.41, 5.74) is 0.781. The number of hydrogen-bond acceptors (Lipinski definition) is 3. The first-order valence-corrected chi connectivity index (χ1v) is 7.76. The van der Waals surface area contributed by atoms with Gasteiger partial charge in [-0.1, -0.05) is 24.3 Å². The average Bonchev–Trinajstić information content (AvgIpc) is 3.06. The number of nitrogens with zero attached hydrogens (tertiary/aromatic N) is 2. The SMILES string of the molecule is COc1cccc(C(=O)NC(c2ccccc2F)c2nccn2C)c1. The second kappa shape index (κ2) is 7.17. The molecule has 0 aliphatic heterocycles. The lowest BCUT2D eigenvalue weighted by molar-refractivity contribution is 0.0940. The van der Waals surface area contributed by atoms with E-state index in [9.17, 15) is 9.18 Å². The van der Waals surface area contributed by atoms with Gasteiger partial charge in [0.2, 0.25) is 0 Å². The van der Waals surface area contributed by atoms with Gasteiger partial charge in [-0.25, -0.2) is 9.37 Å². The van der Waals surface area contributed by atoms with Crippen molar-refractivity contribution in [2.45, 2.75) is 6.04 Å². The molecule has 1 amide bonds. The summed E-state index contributed by atoms with van der Waals surface area (Å²) in [5.74, 6) is 0.380. The maximum Gasteiger partial charge on any atom is 0.252 e. The Morgan fingerprint density at radius 1 is 1.24 bits per heavy atom. The normalized spacial score (nSPS) is 11.8. The number of hydrogen-bond donors (Lipinski definition) is 1. The number of amides is 1. The number of aryl methyl sites for hydroxylation is 1. The zero-order valence-corrected chi connectivity index (χ0v) is 13.9.